The van der Waals surface area contributed by atoms with Crippen LogP contribution in [-0.4, -0.2) is 17.3 Å². The predicted octanol–water partition coefficient (Wildman–Crippen LogP) is 3.35. The van der Waals surface area contributed by atoms with E-state index in [4.69, 9.17) is 11.6 Å². The van der Waals surface area contributed by atoms with E-state index in [2.05, 4.69) is 9.72 Å². The van der Waals surface area contributed by atoms with Crippen LogP contribution in [0.1, 0.15) is 5.69 Å². The summed E-state index contributed by atoms with van der Waals surface area (Å²) in [7, 11) is 0. The molecule has 1 rings (SSSR count). The third kappa shape index (κ3) is 2.94. The van der Waals surface area contributed by atoms with E-state index < -0.39 is 18.0 Å². The molecule has 0 unspecified atom stereocenters. The van der Waals surface area contributed by atoms with Crippen LogP contribution in [0.2, 0.25) is 0 Å². The summed E-state index contributed by atoms with van der Waals surface area (Å²) in [6.07, 6.45) is -10.3. The fraction of sp³-hybridized carbons (Fsp3) is 0.375. The second-order valence-corrected chi connectivity index (χ2v) is 3.00. The highest BCUT2D eigenvalue weighted by molar-refractivity contribution is 6.16. The van der Waals surface area contributed by atoms with E-state index in [1.165, 1.54) is 6.07 Å². The molecule has 0 aromatic carbocycles. The maximum atomic E-state index is 12.4. The highest BCUT2D eigenvalue weighted by Gasteiger charge is 2.61. The molecule has 0 aliphatic heterocycles. The van der Waals surface area contributed by atoms with Gasteiger partial charge in [0.2, 0.25) is 0 Å². The second-order valence-electron chi connectivity index (χ2n) is 2.74. The van der Waals surface area contributed by atoms with Gasteiger partial charge in [0.05, 0.1) is 17.8 Å². The Morgan fingerprint density at radius 2 is 1.81 bits per heavy atom. The summed E-state index contributed by atoms with van der Waals surface area (Å²) in [5, 5.41) is 0. The summed E-state index contributed by atoms with van der Waals surface area (Å²) in [5.74, 6) is -0.660. The van der Waals surface area contributed by atoms with Crippen LogP contribution < -0.4 is 4.74 Å². The number of ether oxygens (including phenoxy) is 1. The molecule has 16 heavy (non-hydrogen) atoms. The fourth-order valence-corrected chi connectivity index (χ4v) is 0.914. The molecule has 0 bridgehead atoms. The Kier molecular flexibility index (Phi) is 3.57. The Labute approximate surface area is 92.0 Å². The molecule has 0 N–H and O–H groups in total. The van der Waals surface area contributed by atoms with Crippen LogP contribution in [0.4, 0.5) is 22.0 Å². The summed E-state index contributed by atoms with van der Waals surface area (Å²) in [6, 6.07) is 2.12. The Hall–Kier alpha value is -1.11. The second kappa shape index (κ2) is 4.40. The minimum atomic E-state index is -5.77. The average molecular weight is 262 g/mol. The molecule has 0 aliphatic rings. The SMILES string of the molecule is FC(F)(F)C(F)(F)Oc1ccc(CCl)nc1. The Balaban J connectivity index is 2.80. The lowest BCUT2D eigenvalue weighted by Gasteiger charge is -2.19. The quantitative estimate of drug-likeness (QED) is 0.615. The van der Waals surface area contributed by atoms with E-state index in [9.17, 15) is 22.0 Å². The Morgan fingerprint density at radius 1 is 1.19 bits per heavy atom. The molecule has 1 heterocycles. The standard InChI is InChI=1S/C8H5ClF5NO/c9-3-5-1-2-6(4-15-5)16-8(13,14)7(10,11)12/h1-2,4H,3H2. The first-order chi connectivity index (χ1) is 7.26. The molecule has 0 radical (unpaired) electrons. The summed E-state index contributed by atoms with van der Waals surface area (Å²) < 4.78 is 63.5. The summed E-state index contributed by atoms with van der Waals surface area (Å²) in [5.41, 5.74) is 0.337. The number of hydrogen-bond acceptors (Lipinski definition) is 2. The van der Waals surface area contributed by atoms with Crippen molar-refractivity contribution in [3.05, 3.63) is 24.0 Å². The number of rotatable bonds is 3. The van der Waals surface area contributed by atoms with Gasteiger partial charge in [-0.2, -0.15) is 22.0 Å². The molecule has 1 aromatic rings. The average Bonchev–Trinajstić information content (AvgIpc) is 2.16. The predicted molar refractivity (Wildman–Crippen MR) is 45.4 cm³/mol. The van der Waals surface area contributed by atoms with Crippen LogP contribution in [0.25, 0.3) is 0 Å². The first kappa shape index (κ1) is 13.0. The first-order valence-corrected chi connectivity index (χ1v) is 4.44. The molecule has 0 atom stereocenters. The molecule has 8 heteroatoms. The molecule has 0 saturated carbocycles. The van der Waals surface area contributed by atoms with Crippen molar-refractivity contribution in [1.82, 2.24) is 4.98 Å². The fourth-order valence-electron chi connectivity index (χ4n) is 0.756. The lowest BCUT2D eigenvalue weighted by atomic mass is 10.4. The van der Waals surface area contributed by atoms with E-state index in [0.29, 0.717) is 5.69 Å². The van der Waals surface area contributed by atoms with Crippen molar-refractivity contribution in [2.24, 2.45) is 0 Å². The van der Waals surface area contributed by atoms with Crippen LogP contribution in [0.5, 0.6) is 5.75 Å². The van der Waals surface area contributed by atoms with E-state index >= 15 is 0 Å². The molecule has 0 saturated heterocycles. The van der Waals surface area contributed by atoms with Gasteiger partial charge in [-0.15, -0.1) is 11.6 Å². The van der Waals surface area contributed by atoms with E-state index in [-0.39, 0.29) is 5.88 Å². The zero-order valence-corrected chi connectivity index (χ0v) is 8.32. The van der Waals surface area contributed by atoms with Gasteiger partial charge >= 0.3 is 12.3 Å². The highest BCUT2D eigenvalue weighted by Crippen LogP contribution is 2.36. The smallest absolute Gasteiger partial charge is 0.424 e. The molecule has 2 nitrogen and oxygen atoms in total. The van der Waals surface area contributed by atoms with Crippen LogP contribution in [-0.2, 0) is 5.88 Å². The minimum absolute atomic E-state index is 0.0238. The molecule has 0 fully saturated rings. The third-order valence-electron chi connectivity index (χ3n) is 1.51. The molecular weight excluding hydrogens is 257 g/mol. The van der Waals surface area contributed by atoms with E-state index in [1.54, 1.807) is 0 Å². The van der Waals surface area contributed by atoms with Crippen LogP contribution in [0.3, 0.4) is 0 Å². The molecular formula is C8H5ClF5NO. The Morgan fingerprint density at radius 3 is 2.19 bits per heavy atom. The lowest BCUT2D eigenvalue weighted by Crippen LogP contribution is -2.41. The topological polar surface area (TPSA) is 22.1 Å². The van der Waals surface area contributed by atoms with Gasteiger partial charge in [-0.05, 0) is 12.1 Å². The largest absolute Gasteiger partial charge is 0.499 e. The van der Waals surface area contributed by atoms with Gasteiger partial charge in [0, 0.05) is 0 Å². The van der Waals surface area contributed by atoms with Crippen molar-refractivity contribution < 1.29 is 26.7 Å². The van der Waals surface area contributed by atoms with Crippen molar-refractivity contribution in [2.75, 3.05) is 0 Å². The number of halogens is 6. The minimum Gasteiger partial charge on any atom is -0.424 e. The van der Waals surface area contributed by atoms with Crippen LogP contribution >= 0.6 is 11.6 Å². The zero-order valence-electron chi connectivity index (χ0n) is 7.56. The number of nitrogens with zero attached hydrogens (tertiary/aromatic N) is 1. The van der Waals surface area contributed by atoms with E-state index in [1.807, 2.05) is 0 Å². The van der Waals surface area contributed by atoms with Crippen LogP contribution in [0.15, 0.2) is 18.3 Å². The van der Waals surface area contributed by atoms with Crippen molar-refractivity contribution in [3.63, 3.8) is 0 Å². The molecule has 0 aliphatic carbocycles. The van der Waals surface area contributed by atoms with Gasteiger partial charge in [0.1, 0.15) is 5.75 Å². The zero-order chi connectivity index (χ0) is 12.4. The first-order valence-electron chi connectivity index (χ1n) is 3.91. The lowest BCUT2D eigenvalue weighted by molar-refractivity contribution is -0.360. The number of pyridine rings is 1. The number of aromatic nitrogens is 1. The number of alkyl halides is 6. The van der Waals surface area contributed by atoms with Gasteiger partial charge < -0.3 is 4.74 Å². The molecule has 90 valence electrons. The van der Waals surface area contributed by atoms with Crippen molar-refractivity contribution in [3.8, 4) is 5.75 Å². The monoisotopic (exact) mass is 261 g/mol. The third-order valence-corrected chi connectivity index (χ3v) is 1.78. The molecule has 0 amide bonds. The molecule has 1 aromatic heterocycles. The maximum absolute atomic E-state index is 12.4. The molecule has 0 spiro atoms. The summed E-state index contributed by atoms with van der Waals surface area (Å²) in [6.45, 7) is 0. The normalized spacial score (nSPS) is 12.6. The van der Waals surface area contributed by atoms with E-state index in [0.717, 1.165) is 12.3 Å². The highest BCUT2D eigenvalue weighted by atomic mass is 35.5. The maximum Gasteiger partial charge on any atom is 0.499 e. The summed E-state index contributed by atoms with van der Waals surface area (Å²) >= 11 is 5.35. The van der Waals surface area contributed by atoms with Crippen LogP contribution in [0, 0.1) is 0 Å². The van der Waals surface area contributed by atoms with Gasteiger partial charge in [-0.25, -0.2) is 0 Å². The van der Waals surface area contributed by atoms with Gasteiger partial charge in [-0.1, -0.05) is 0 Å². The Bertz CT molecular complexity index is 350. The van der Waals surface area contributed by atoms with Gasteiger partial charge in [-0.3, -0.25) is 4.98 Å². The number of hydrogen-bond donors (Lipinski definition) is 0. The van der Waals surface area contributed by atoms with Gasteiger partial charge in [0.15, 0.2) is 0 Å². The van der Waals surface area contributed by atoms with Gasteiger partial charge in [0.25, 0.3) is 0 Å². The van der Waals surface area contributed by atoms with Crippen molar-refractivity contribution >= 4 is 11.6 Å². The summed E-state index contributed by atoms with van der Waals surface area (Å²) in [4.78, 5) is 3.51. The van der Waals surface area contributed by atoms with Crippen molar-refractivity contribution in [2.45, 2.75) is 18.2 Å². The van der Waals surface area contributed by atoms with Crippen molar-refractivity contribution in [1.29, 1.82) is 0 Å².